The van der Waals surface area contributed by atoms with Crippen molar-refractivity contribution in [2.75, 3.05) is 6.54 Å². The molecule has 0 atom stereocenters. The Morgan fingerprint density at radius 2 is 2.04 bits per heavy atom. The summed E-state index contributed by atoms with van der Waals surface area (Å²) in [5.74, 6) is -0.264. The highest BCUT2D eigenvalue weighted by Gasteiger charge is 2.05. The molecular formula is C18H18FN3O. The Bertz CT molecular complexity index is 813. The molecule has 1 heterocycles. The molecule has 5 heteroatoms. The van der Waals surface area contributed by atoms with E-state index in [1.54, 1.807) is 12.4 Å². The van der Waals surface area contributed by atoms with Gasteiger partial charge in [0, 0.05) is 19.5 Å². The summed E-state index contributed by atoms with van der Waals surface area (Å²) in [6.45, 7) is 1.10. The van der Waals surface area contributed by atoms with E-state index in [2.05, 4.69) is 10.3 Å². The maximum Gasteiger partial charge on any atom is 0.221 e. The van der Waals surface area contributed by atoms with Crippen molar-refractivity contribution in [3.63, 3.8) is 0 Å². The second-order valence-electron chi connectivity index (χ2n) is 5.41. The quantitative estimate of drug-likeness (QED) is 0.761. The van der Waals surface area contributed by atoms with Crippen LogP contribution in [0.25, 0.3) is 11.0 Å². The summed E-state index contributed by atoms with van der Waals surface area (Å²) >= 11 is 0. The van der Waals surface area contributed by atoms with Crippen LogP contribution in [0.2, 0.25) is 0 Å². The van der Waals surface area contributed by atoms with Crippen LogP contribution in [0.15, 0.2) is 54.9 Å². The minimum atomic E-state index is -0.249. The number of amides is 1. The van der Waals surface area contributed by atoms with Gasteiger partial charge in [0.05, 0.1) is 17.4 Å². The van der Waals surface area contributed by atoms with Crippen LogP contribution in [0.4, 0.5) is 4.39 Å². The van der Waals surface area contributed by atoms with Crippen molar-refractivity contribution in [3.05, 3.63) is 66.2 Å². The Kier molecular flexibility index (Phi) is 4.66. The van der Waals surface area contributed by atoms with E-state index >= 15 is 0 Å². The molecule has 3 aromatic rings. The Morgan fingerprint density at radius 3 is 2.91 bits per heavy atom. The zero-order chi connectivity index (χ0) is 16.1. The van der Waals surface area contributed by atoms with Gasteiger partial charge in [-0.15, -0.1) is 0 Å². The number of halogens is 1. The van der Waals surface area contributed by atoms with E-state index in [9.17, 15) is 9.18 Å². The Morgan fingerprint density at radius 1 is 1.17 bits per heavy atom. The maximum atomic E-state index is 13.1. The van der Waals surface area contributed by atoms with Gasteiger partial charge in [0.25, 0.3) is 0 Å². The number of carbonyl (C=O) groups excluding carboxylic acids is 1. The van der Waals surface area contributed by atoms with Crippen molar-refractivity contribution in [2.24, 2.45) is 0 Å². The van der Waals surface area contributed by atoms with Gasteiger partial charge in [-0.2, -0.15) is 0 Å². The van der Waals surface area contributed by atoms with Gasteiger partial charge in [0.2, 0.25) is 5.91 Å². The van der Waals surface area contributed by atoms with Crippen molar-refractivity contribution in [1.82, 2.24) is 14.9 Å². The molecule has 3 rings (SSSR count). The fourth-order valence-corrected chi connectivity index (χ4v) is 2.54. The first-order valence-electron chi connectivity index (χ1n) is 7.63. The largest absolute Gasteiger partial charge is 0.356 e. The van der Waals surface area contributed by atoms with Crippen molar-refractivity contribution in [2.45, 2.75) is 19.4 Å². The van der Waals surface area contributed by atoms with Gasteiger partial charge in [-0.1, -0.05) is 24.3 Å². The fourth-order valence-electron chi connectivity index (χ4n) is 2.54. The van der Waals surface area contributed by atoms with E-state index in [1.165, 1.54) is 12.1 Å². The van der Waals surface area contributed by atoms with Gasteiger partial charge in [-0.25, -0.2) is 9.37 Å². The number of benzene rings is 2. The third-order valence-electron chi connectivity index (χ3n) is 3.73. The predicted molar refractivity (Wildman–Crippen MR) is 87.5 cm³/mol. The Balaban J connectivity index is 1.46. The molecular weight excluding hydrogens is 293 g/mol. The number of carbonyl (C=O) groups is 1. The average molecular weight is 311 g/mol. The average Bonchev–Trinajstić information content (AvgIpc) is 2.96. The van der Waals surface area contributed by atoms with Crippen molar-refractivity contribution >= 4 is 16.9 Å². The van der Waals surface area contributed by atoms with E-state index in [-0.39, 0.29) is 11.7 Å². The standard InChI is InChI=1S/C18H18FN3O/c19-15-5-3-4-14(12-15)8-10-20-18(23)9-11-22-13-21-16-6-1-2-7-17(16)22/h1-7,12-13H,8-11H2,(H,20,23). The third kappa shape index (κ3) is 3.94. The number of hydrogen-bond acceptors (Lipinski definition) is 2. The molecule has 1 N–H and O–H groups in total. The first-order valence-corrected chi connectivity index (χ1v) is 7.63. The monoisotopic (exact) mass is 311 g/mol. The highest BCUT2D eigenvalue weighted by Crippen LogP contribution is 2.12. The molecule has 0 bridgehead atoms. The van der Waals surface area contributed by atoms with E-state index in [0.717, 1.165) is 16.6 Å². The molecule has 0 saturated heterocycles. The molecule has 0 aliphatic heterocycles. The second kappa shape index (κ2) is 7.05. The number of aryl methyl sites for hydroxylation is 1. The van der Waals surface area contributed by atoms with Gasteiger partial charge in [-0.05, 0) is 36.2 Å². The molecule has 1 aromatic heterocycles. The van der Waals surface area contributed by atoms with Gasteiger partial charge in [-0.3, -0.25) is 4.79 Å². The first-order chi connectivity index (χ1) is 11.2. The SMILES string of the molecule is O=C(CCn1cnc2ccccc21)NCCc1cccc(F)c1. The molecule has 0 fully saturated rings. The predicted octanol–water partition coefficient (Wildman–Crippen LogP) is 2.92. The van der Waals surface area contributed by atoms with Gasteiger partial charge in [0.1, 0.15) is 5.82 Å². The van der Waals surface area contributed by atoms with Crippen molar-refractivity contribution in [1.29, 1.82) is 0 Å². The van der Waals surface area contributed by atoms with Crippen LogP contribution < -0.4 is 5.32 Å². The highest BCUT2D eigenvalue weighted by atomic mass is 19.1. The zero-order valence-corrected chi connectivity index (χ0v) is 12.7. The number of hydrogen-bond donors (Lipinski definition) is 1. The van der Waals surface area contributed by atoms with Gasteiger partial charge < -0.3 is 9.88 Å². The molecule has 0 aliphatic carbocycles. The number of imidazole rings is 1. The van der Waals surface area contributed by atoms with Crippen LogP contribution in [-0.4, -0.2) is 22.0 Å². The fraction of sp³-hybridized carbons (Fsp3) is 0.222. The van der Waals surface area contributed by atoms with Crippen LogP contribution in [0, 0.1) is 5.82 Å². The normalized spacial score (nSPS) is 10.8. The summed E-state index contributed by atoms with van der Waals surface area (Å²) in [5.41, 5.74) is 2.84. The van der Waals surface area contributed by atoms with Crippen molar-refractivity contribution in [3.8, 4) is 0 Å². The molecule has 0 unspecified atom stereocenters. The van der Waals surface area contributed by atoms with Crippen molar-refractivity contribution < 1.29 is 9.18 Å². The lowest BCUT2D eigenvalue weighted by molar-refractivity contribution is -0.121. The van der Waals surface area contributed by atoms with Gasteiger partial charge >= 0.3 is 0 Å². The molecule has 0 aliphatic rings. The smallest absolute Gasteiger partial charge is 0.221 e. The molecule has 2 aromatic carbocycles. The summed E-state index contributed by atoms with van der Waals surface area (Å²) in [6, 6.07) is 14.3. The zero-order valence-electron chi connectivity index (χ0n) is 12.7. The summed E-state index contributed by atoms with van der Waals surface area (Å²) in [5, 5.41) is 2.87. The highest BCUT2D eigenvalue weighted by molar-refractivity contribution is 5.77. The van der Waals surface area contributed by atoms with Crippen LogP contribution in [0.5, 0.6) is 0 Å². The maximum absolute atomic E-state index is 13.1. The summed E-state index contributed by atoms with van der Waals surface area (Å²) in [4.78, 5) is 16.2. The van der Waals surface area contributed by atoms with Gasteiger partial charge in [0.15, 0.2) is 0 Å². The van der Waals surface area contributed by atoms with Crippen LogP contribution in [-0.2, 0) is 17.8 Å². The molecule has 0 radical (unpaired) electrons. The third-order valence-corrected chi connectivity index (χ3v) is 3.73. The second-order valence-corrected chi connectivity index (χ2v) is 5.41. The van der Waals surface area contributed by atoms with Crippen LogP contribution in [0.1, 0.15) is 12.0 Å². The molecule has 0 spiro atoms. The van der Waals surface area contributed by atoms with E-state index in [0.29, 0.717) is 25.9 Å². The van der Waals surface area contributed by atoms with E-state index in [1.807, 2.05) is 34.9 Å². The molecule has 0 saturated carbocycles. The Hall–Kier alpha value is -2.69. The number of nitrogens with one attached hydrogen (secondary N) is 1. The molecule has 1 amide bonds. The van der Waals surface area contributed by atoms with E-state index in [4.69, 9.17) is 0 Å². The Labute approximate surface area is 134 Å². The lowest BCUT2D eigenvalue weighted by Gasteiger charge is -2.07. The number of para-hydroxylation sites is 2. The number of rotatable bonds is 6. The summed E-state index contributed by atoms with van der Waals surface area (Å²) in [6.07, 6.45) is 2.77. The molecule has 23 heavy (non-hydrogen) atoms. The number of nitrogens with zero attached hydrogens (tertiary/aromatic N) is 2. The lowest BCUT2D eigenvalue weighted by Crippen LogP contribution is -2.26. The molecule has 118 valence electrons. The minimum absolute atomic E-state index is 0.0146. The lowest BCUT2D eigenvalue weighted by atomic mass is 10.1. The molecule has 4 nitrogen and oxygen atoms in total. The first kappa shape index (κ1) is 15.2. The number of fused-ring (bicyclic) bond motifs is 1. The topological polar surface area (TPSA) is 46.9 Å². The van der Waals surface area contributed by atoms with Crippen LogP contribution in [0.3, 0.4) is 0 Å². The minimum Gasteiger partial charge on any atom is -0.356 e. The summed E-state index contributed by atoms with van der Waals surface area (Å²) in [7, 11) is 0. The number of aromatic nitrogens is 2. The summed E-state index contributed by atoms with van der Waals surface area (Å²) < 4.78 is 15.0. The van der Waals surface area contributed by atoms with E-state index < -0.39 is 0 Å². The van der Waals surface area contributed by atoms with Crippen LogP contribution >= 0.6 is 0 Å².